The maximum absolute atomic E-state index is 10.6. The summed E-state index contributed by atoms with van der Waals surface area (Å²) in [5.74, 6) is 0. The molecule has 0 saturated carbocycles. The number of aliphatic hydroxyl groups is 1. The van der Waals surface area contributed by atoms with Crippen LogP contribution in [0.1, 0.15) is 19.3 Å². The quantitative estimate of drug-likeness (QED) is 0.350. The van der Waals surface area contributed by atoms with Crippen LogP contribution < -0.4 is 4.90 Å². The molecule has 0 aliphatic heterocycles. The molecular formula is C12H17IN2O3. The molecule has 0 radical (unpaired) electrons. The molecule has 0 fully saturated rings. The highest BCUT2D eigenvalue weighted by Gasteiger charge is 2.11. The minimum absolute atomic E-state index is 0.122. The first kappa shape index (κ1) is 15.2. The zero-order valence-electron chi connectivity index (χ0n) is 10.3. The minimum Gasteiger partial charge on any atom is -0.396 e. The van der Waals surface area contributed by atoms with Crippen LogP contribution in [0.15, 0.2) is 18.2 Å². The Kier molecular flexibility index (Phi) is 6.34. The van der Waals surface area contributed by atoms with Gasteiger partial charge in [0, 0.05) is 35.9 Å². The summed E-state index contributed by atoms with van der Waals surface area (Å²) < 4.78 is 0.881. The summed E-state index contributed by atoms with van der Waals surface area (Å²) >= 11 is 2.12. The second-order valence-corrected chi connectivity index (χ2v) is 5.26. The van der Waals surface area contributed by atoms with Crippen LogP contribution in [0.2, 0.25) is 0 Å². The van der Waals surface area contributed by atoms with Crippen LogP contribution in [-0.2, 0) is 0 Å². The van der Waals surface area contributed by atoms with E-state index in [1.54, 1.807) is 12.1 Å². The van der Waals surface area contributed by atoms with Crippen molar-refractivity contribution in [3.8, 4) is 0 Å². The Bertz CT molecular complexity index is 412. The van der Waals surface area contributed by atoms with Gasteiger partial charge in [-0.25, -0.2) is 0 Å². The van der Waals surface area contributed by atoms with E-state index in [0.29, 0.717) is 0 Å². The van der Waals surface area contributed by atoms with Crippen molar-refractivity contribution in [1.82, 2.24) is 0 Å². The summed E-state index contributed by atoms with van der Waals surface area (Å²) in [4.78, 5) is 12.3. The number of non-ortho nitro benzene ring substituents is 1. The zero-order valence-corrected chi connectivity index (χ0v) is 12.5. The van der Waals surface area contributed by atoms with Crippen LogP contribution >= 0.6 is 22.6 Å². The van der Waals surface area contributed by atoms with Crippen molar-refractivity contribution in [1.29, 1.82) is 0 Å². The number of benzene rings is 1. The topological polar surface area (TPSA) is 66.6 Å². The lowest BCUT2D eigenvalue weighted by atomic mass is 10.2. The number of halogens is 1. The summed E-state index contributed by atoms with van der Waals surface area (Å²) in [7, 11) is 1.97. The number of rotatable bonds is 7. The summed E-state index contributed by atoms with van der Waals surface area (Å²) in [5.41, 5.74) is 1.13. The highest BCUT2D eigenvalue weighted by atomic mass is 127. The van der Waals surface area contributed by atoms with Gasteiger partial charge in [-0.3, -0.25) is 10.1 Å². The largest absolute Gasteiger partial charge is 0.396 e. The van der Waals surface area contributed by atoms with E-state index in [9.17, 15) is 10.1 Å². The number of nitro benzene ring substituents is 1. The molecule has 1 aromatic rings. The summed E-state index contributed by atoms with van der Waals surface area (Å²) in [6, 6.07) is 4.90. The second-order valence-electron chi connectivity index (χ2n) is 4.10. The second kappa shape index (κ2) is 7.52. The molecule has 0 aliphatic rings. The van der Waals surface area contributed by atoms with E-state index in [1.165, 1.54) is 6.07 Å². The number of aliphatic hydroxyl groups excluding tert-OH is 1. The molecule has 5 nitrogen and oxygen atoms in total. The smallest absolute Gasteiger partial charge is 0.270 e. The van der Waals surface area contributed by atoms with Gasteiger partial charge >= 0.3 is 0 Å². The summed E-state index contributed by atoms with van der Waals surface area (Å²) in [6.45, 7) is 1.12. The van der Waals surface area contributed by atoms with E-state index < -0.39 is 0 Å². The SMILES string of the molecule is CN(CCCCCO)c1ccc([N+](=O)[O-])cc1I. The standard InChI is InChI=1S/C12H17IN2O3/c1-14(7-3-2-4-8-16)12-6-5-10(15(17)18)9-11(12)13/h5-6,9,16H,2-4,7-8H2,1H3. The maximum Gasteiger partial charge on any atom is 0.270 e. The average molecular weight is 364 g/mol. The van der Waals surface area contributed by atoms with Crippen molar-refractivity contribution in [2.75, 3.05) is 25.1 Å². The number of hydrogen-bond donors (Lipinski definition) is 1. The van der Waals surface area contributed by atoms with Gasteiger partial charge in [-0.1, -0.05) is 0 Å². The third kappa shape index (κ3) is 4.41. The van der Waals surface area contributed by atoms with Crippen molar-refractivity contribution in [2.24, 2.45) is 0 Å². The average Bonchev–Trinajstić information content (AvgIpc) is 2.34. The van der Waals surface area contributed by atoms with E-state index in [0.717, 1.165) is 35.1 Å². The lowest BCUT2D eigenvalue weighted by molar-refractivity contribution is -0.384. The lowest BCUT2D eigenvalue weighted by Gasteiger charge is -2.20. The highest BCUT2D eigenvalue weighted by Crippen LogP contribution is 2.26. The molecule has 1 rings (SSSR count). The fraction of sp³-hybridized carbons (Fsp3) is 0.500. The van der Waals surface area contributed by atoms with Gasteiger partial charge in [0.1, 0.15) is 0 Å². The van der Waals surface area contributed by atoms with Gasteiger partial charge in [0.25, 0.3) is 5.69 Å². The van der Waals surface area contributed by atoms with E-state index in [2.05, 4.69) is 27.5 Å². The van der Waals surface area contributed by atoms with Gasteiger partial charge in [0.15, 0.2) is 0 Å². The van der Waals surface area contributed by atoms with Crippen LogP contribution in [0.25, 0.3) is 0 Å². The molecule has 6 heteroatoms. The Labute approximate surface area is 120 Å². The van der Waals surface area contributed by atoms with Crippen LogP contribution in [0, 0.1) is 13.7 Å². The van der Waals surface area contributed by atoms with Gasteiger partial charge in [0.2, 0.25) is 0 Å². The molecule has 0 spiro atoms. The third-order valence-electron chi connectivity index (χ3n) is 2.70. The number of nitro groups is 1. The van der Waals surface area contributed by atoms with E-state index in [4.69, 9.17) is 5.11 Å². The predicted molar refractivity (Wildman–Crippen MR) is 80.0 cm³/mol. The normalized spacial score (nSPS) is 10.4. The molecule has 0 amide bonds. The van der Waals surface area contributed by atoms with Gasteiger partial charge in [-0.15, -0.1) is 0 Å². The Morgan fingerprint density at radius 3 is 2.67 bits per heavy atom. The van der Waals surface area contributed by atoms with E-state index >= 15 is 0 Å². The molecule has 0 saturated heterocycles. The van der Waals surface area contributed by atoms with Gasteiger partial charge in [-0.2, -0.15) is 0 Å². The number of unbranched alkanes of at least 4 members (excludes halogenated alkanes) is 2. The molecule has 18 heavy (non-hydrogen) atoms. The number of hydrogen-bond acceptors (Lipinski definition) is 4. The first-order valence-electron chi connectivity index (χ1n) is 5.82. The molecule has 1 N–H and O–H groups in total. The molecule has 0 bridgehead atoms. The Morgan fingerprint density at radius 1 is 1.39 bits per heavy atom. The van der Waals surface area contributed by atoms with Crippen molar-refractivity contribution in [3.63, 3.8) is 0 Å². The van der Waals surface area contributed by atoms with Crippen molar-refractivity contribution >= 4 is 34.0 Å². The van der Waals surface area contributed by atoms with Crippen LogP contribution in [0.4, 0.5) is 11.4 Å². The van der Waals surface area contributed by atoms with Crippen molar-refractivity contribution < 1.29 is 10.0 Å². The Balaban J connectivity index is 2.62. The maximum atomic E-state index is 10.6. The fourth-order valence-corrected chi connectivity index (χ4v) is 2.59. The Hall–Kier alpha value is -0.890. The van der Waals surface area contributed by atoms with Gasteiger partial charge in [-0.05, 0) is 47.9 Å². The van der Waals surface area contributed by atoms with Crippen molar-refractivity contribution in [3.05, 3.63) is 31.9 Å². The van der Waals surface area contributed by atoms with Gasteiger partial charge < -0.3 is 10.0 Å². The summed E-state index contributed by atoms with van der Waals surface area (Å²) in [6.07, 6.45) is 2.82. The predicted octanol–water partition coefficient (Wildman–Crippen LogP) is 2.80. The molecule has 0 heterocycles. The van der Waals surface area contributed by atoms with E-state index in [-0.39, 0.29) is 17.2 Å². The Morgan fingerprint density at radius 2 is 2.11 bits per heavy atom. The molecule has 100 valence electrons. The molecular weight excluding hydrogens is 347 g/mol. The molecule has 0 aliphatic carbocycles. The first-order valence-corrected chi connectivity index (χ1v) is 6.90. The van der Waals surface area contributed by atoms with Crippen molar-refractivity contribution in [2.45, 2.75) is 19.3 Å². The number of nitrogens with zero attached hydrogens (tertiary/aromatic N) is 2. The highest BCUT2D eigenvalue weighted by molar-refractivity contribution is 14.1. The molecule has 0 aromatic heterocycles. The number of anilines is 1. The van der Waals surface area contributed by atoms with Gasteiger partial charge in [0.05, 0.1) is 10.6 Å². The molecule has 0 unspecified atom stereocenters. The van der Waals surface area contributed by atoms with E-state index in [1.807, 2.05) is 7.05 Å². The minimum atomic E-state index is -0.382. The first-order chi connectivity index (χ1) is 8.56. The third-order valence-corrected chi connectivity index (χ3v) is 3.57. The fourth-order valence-electron chi connectivity index (χ4n) is 1.68. The zero-order chi connectivity index (χ0) is 13.5. The lowest BCUT2D eigenvalue weighted by Crippen LogP contribution is -2.19. The summed E-state index contributed by atoms with van der Waals surface area (Å²) in [5, 5.41) is 19.3. The monoisotopic (exact) mass is 364 g/mol. The molecule has 0 atom stereocenters. The van der Waals surface area contributed by atoms with Crippen LogP contribution in [0.3, 0.4) is 0 Å². The molecule has 1 aromatic carbocycles. The van der Waals surface area contributed by atoms with Crippen LogP contribution in [0.5, 0.6) is 0 Å². The van der Waals surface area contributed by atoms with Crippen LogP contribution in [-0.4, -0.2) is 30.2 Å².